The van der Waals surface area contributed by atoms with E-state index in [1.807, 2.05) is 43.5 Å². The van der Waals surface area contributed by atoms with E-state index >= 15 is 0 Å². The molecule has 2 aromatic carbocycles. The van der Waals surface area contributed by atoms with Crippen molar-refractivity contribution in [2.24, 2.45) is 0 Å². The third kappa shape index (κ3) is 4.56. The Morgan fingerprint density at radius 1 is 1.11 bits per heavy atom. The van der Waals surface area contributed by atoms with Gasteiger partial charge in [0.2, 0.25) is 15.9 Å². The fourth-order valence-corrected chi connectivity index (χ4v) is 4.28. The van der Waals surface area contributed by atoms with Crippen LogP contribution in [0.15, 0.2) is 53.6 Å². The number of amides is 1. The molecule has 6 nitrogen and oxygen atoms in total. The zero-order valence-corrected chi connectivity index (χ0v) is 16.2. The number of para-hydroxylation sites is 1. The van der Waals surface area contributed by atoms with Gasteiger partial charge in [0, 0.05) is 23.6 Å². The minimum absolute atomic E-state index is 0.203. The average Bonchev–Trinajstić information content (AvgIpc) is 3.05. The number of aryl methyl sites for hydroxylation is 2. The van der Waals surface area contributed by atoms with E-state index in [9.17, 15) is 13.2 Å². The topological polar surface area (TPSA) is 91.1 Å². The Bertz CT molecular complexity index is 1070. The minimum Gasteiger partial charge on any atom is -0.361 e. The van der Waals surface area contributed by atoms with Crippen molar-refractivity contribution in [3.05, 3.63) is 65.4 Å². The van der Waals surface area contributed by atoms with E-state index in [0.29, 0.717) is 18.5 Å². The van der Waals surface area contributed by atoms with Crippen LogP contribution in [0.1, 0.15) is 16.7 Å². The number of hydrogen-bond acceptors (Lipinski definition) is 3. The minimum atomic E-state index is -3.72. The summed E-state index contributed by atoms with van der Waals surface area (Å²) in [5, 5.41) is 3.88. The van der Waals surface area contributed by atoms with Crippen LogP contribution in [-0.2, 0) is 21.2 Å². The van der Waals surface area contributed by atoms with Gasteiger partial charge in [-0.1, -0.05) is 30.3 Å². The lowest BCUT2D eigenvalue weighted by Crippen LogP contribution is -2.37. The molecule has 7 heteroatoms. The first-order valence-electron chi connectivity index (χ1n) is 8.75. The number of carbonyl (C=O) groups is 1. The Balaban J connectivity index is 1.53. The molecular formula is C20H23N3O3S. The molecule has 0 fully saturated rings. The van der Waals surface area contributed by atoms with Gasteiger partial charge in [-0.05, 0) is 49.1 Å². The second-order valence-electron chi connectivity index (χ2n) is 6.55. The molecule has 0 spiro atoms. The Hall–Kier alpha value is -2.64. The van der Waals surface area contributed by atoms with Gasteiger partial charge in [0.1, 0.15) is 0 Å². The maximum Gasteiger partial charge on any atom is 0.241 e. The lowest BCUT2D eigenvalue weighted by atomic mass is 10.1. The summed E-state index contributed by atoms with van der Waals surface area (Å²) < 4.78 is 27.2. The smallest absolute Gasteiger partial charge is 0.241 e. The molecule has 0 aliphatic carbocycles. The van der Waals surface area contributed by atoms with Crippen molar-refractivity contribution in [1.82, 2.24) is 15.0 Å². The third-order valence-corrected chi connectivity index (χ3v) is 5.99. The first kappa shape index (κ1) is 19.1. The number of aromatic amines is 1. The summed E-state index contributed by atoms with van der Waals surface area (Å²) in [6, 6.07) is 13.2. The Kier molecular flexibility index (Phi) is 5.62. The van der Waals surface area contributed by atoms with E-state index in [-0.39, 0.29) is 17.3 Å². The van der Waals surface area contributed by atoms with Gasteiger partial charge in [-0.15, -0.1) is 0 Å². The van der Waals surface area contributed by atoms with Crippen molar-refractivity contribution in [2.75, 3.05) is 13.1 Å². The van der Waals surface area contributed by atoms with Crippen LogP contribution in [0.4, 0.5) is 0 Å². The van der Waals surface area contributed by atoms with Gasteiger partial charge >= 0.3 is 0 Å². The van der Waals surface area contributed by atoms with Gasteiger partial charge in [-0.3, -0.25) is 4.79 Å². The highest BCUT2D eigenvalue weighted by molar-refractivity contribution is 7.89. The molecule has 0 aliphatic rings. The van der Waals surface area contributed by atoms with E-state index in [4.69, 9.17) is 0 Å². The van der Waals surface area contributed by atoms with Crippen LogP contribution in [0.3, 0.4) is 0 Å². The fourth-order valence-electron chi connectivity index (χ4n) is 2.97. The van der Waals surface area contributed by atoms with Crippen molar-refractivity contribution in [3.8, 4) is 0 Å². The normalized spacial score (nSPS) is 11.6. The standard InChI is InChI=1S/C20H23N3O3S/c1-14-7-8-15(2)19(11-14)27(25,26)23-13-20(24)21-10-9-16-12-22-18-6-4-3-5-17(16)18/h3-8,11-12,22-23H,9-10,13H2,1-2H3,(H,21,24). The number of benzene rings is 2. The van der Waals surface area contributed by atoms with Crippen LogP contribution in [0.5, 0.6) is 0 Å². The summed E-state index contributed by atoms with van der Waals surface area (Å²) in [6.45, 7) is 3.71. The van der Waals surface area contributed by atoms with Crippen LogP contribution >= 0.6 is 0 Å². The predicted octanol–water partition coefficient (Wildman–Crippen LogP) is 2.42. The zero-order valence-electron chi connectivity index (χ0n) is 15.4. The Morgan fingerprint density at radius 2 is 1.89 bits per heavy atom. The monoisotopic (exact) mass is 385 g/mol. The van der Waals surface area contributed by atoms with Crippen molar-refractivity contribution in [2.45, 2.75) is 25.2 Å². The maximum absolute atomic E-state index is 12.4. The first-order chi connectivity index (χ1) is 12.9. The molecule has 3 aromatic rings. The van der Waals surface area contributed by atoms with E-state index in [1.54, 1.807) is 19.1 Å². The molecule has 3 rings (SSSR count). The summed E-state index contributed by atoms with van der Waals surface area (Å²) in [4.78, 5) is 15.4. The van der Waals surface area contributed by atoms with Gasteiger partial charge in [-0.25, -0.2) is 13.1 Å². The zero-order chi connectivity index (χ0) is 19.4. The molecule has 0 radical (unpaired) electrons. The molecule has 0 atom stereocenters. The molecule has 142 valence electrons. The number of nitrogens with one attached hydrogen (secondary N) is 3. The quantitative estimate of drug-likeness (QED) is 0.583. The van der Waals surface area contributed by atoms with Crippen LogP contribution in [-0.4, -0.2) is 32.4 Å². The molecule has 1 aromatic heterocycles. The van der Waals surface area contributed by atoms with Crippen LogP contribution in [0, 0.1) is 13.8 Å². The van der Waals surface area contributed by atoms with E-state index < -0.39 is 10.0 Å². The highest BCUT2D eigenvalue weighted by Gasteiger charge is 2.18. The molecule has 3 N–H and O–H groups in total. The Morgan fingerprint density at radius 3 is 2.70 bits per heavy atom. The second kappa shape index (κ2) is 7.94. The molecule has 0 saturated carbocycles. The van der Waals surface area contributed by atoms with Gasteiger partial charge in [0.15, 0.2) is 0 Å². The Labute approximate surface area is 159 Å². The summed E-state index contributed by atoms with van der Waals surface area (Å²) in [5.74, 6) is -0.358. The molecule has 0 aliphatic heterocycles. The largest absolute Gasteiger partial charge is 0.361 e. The molecular weight excluding hydrogens is 362 g/mol. The number of fused-ring (bicyclic) bond motifs is 1. The number of rotatable bonds is 7. The molecule has 0 unspecified atom stereocenters. The van der Waals surface area contributed by atoms with Crippen LogP contribution in [0.25, 0.3) is 10.9 Å². The molecule has 27 heavy (non-hydrogen) atoms. The lowest BCUT2D eigenvalue weighted by molar-refractivity contribution is -0.119. The van der Waals surface area contributed by atoms with Gasteiger partial charge in [-0.2, -0.15) is 0 Å². The summed E-state index contributed by atoms with van der Waals surface area (Å²) in [7, 11) is -3.72. The number of sulfonamides is 1. The molecule has 0 saturated heterocycles. The number of carbonyl (C=O) groups excluding carboxylic acids is 1. The maximum atomic E-state index is 12.4. The summed E-state index contributed by atoms with van der Waals surface area (Å²) >= 11 is 0. The van der Waals surface area contributed by atoms with Crippen LogP contribution < -0.4 is 10.0 Å². The summed E-state index contributed by atoms with van der Waals surface area (Å²) in [6.07, 6.45) is 2.60. The average molecular weight is 385 g/mol. The van der Waals surface area contributed by atoms with E-state index in [2.05, 4.69) is 15.0 Å². The molecule has 1 amide bonds. The third-order valence-electron chi connectivity index (χ3n) is 4.45. The van der Waals surface area contributed by atoms with Gasteiger partial charge in [0.05, 0.1) is 11.4 Å². The van der Waals surface area contributed by atoms with Crippen molar-refractivity contribution in [3.63, 3.8) is 0 Å². The first-order valence-corrected chi connectivity index (χ1v) is 10.2. The van der Waals surface area contributed by atoms with Gasteiger partial charge in [0.25, 0.3) is 0 Å². The fraction of sp³-hybridized carbons (Fsp3) is 0.250. The van der Waals surface area contributed by atoms with Crippen LogP contribution in [0.2, 0.25) is 0 Å². The molecule has 1 heterocycles. The summed E-state index contributed by atoms with van der Waals surface area (Å²) in [5.41, 5.74) is 3.67. The lowest BCUT2D eigenvalue weighted by Gasteiger charge is -2.10. The number of hydrogen-bond donors (Lipinski definition) is 3. The van der Waals surface area contributed by atoms with Crippen molar-refractivity contribution >= 4 is 26.8 Å². The predicted molar refractivity (Wildman–Crippen MR) is 106 cm³/mol. The SMILES string of the molecule is Cc1ccc(C)c(S(=O)(=O)NCC(=O)NCCc2c[nH]c3ccccc23)c1. The van der Waals surface area contributed by atoms with Crippen molar-refractivity contribution < 1.29 is 13.2 Å². The number of H-pyrrole nitrogens is 1. The molecule has 0 bridgehead atoms. The van der Waals surface area contributed by atoms with Gasteiger partial charge < -0.3 is 10.3 Å². The second-order valence-corrected chi connectivity index (χ2v) is 8.29. The highest BCUT2D eigenvalue weighted by Crippen LogP contribution is 2.18. The van der Waals surface area contributed by atoms with Crippen molar-refractivity contribution in [1.29, 1.82) is 0 Å². The van der Waals surface area contributed by atoms with E-state index in [0.717, 1.165) is 22.0 Å². The highest BCUT2D eigenvalue weighted by atomic mass is 32.2. The number of aromatic nitrogens is 1. The van der Waals surface area contributed by atoms with E-state index in [1.165, 1.54) is 0 Å².